The molecule has 0 unspecified atom stereocenters. The normalized spacial score (nSPS) is 24.6. The number of fused-ring (bicyclic) bond motifs is 2. The Morgan fingerprint density at radius 1 is 0.935 bits per heavy atom. The van der Waals surface area contributed by atoms with Crippen molar-refractivity contribution in [3.05, 3.63) is 97.9 Å². The molecular weight excluding hydrogens is 499 g/mol. The summed E-state index contributed by atoms with van der Waals surface area (Å²) in [6.07, 6.45) is 0.139. The standard InChI is InChI=1S/C24H17BrCl2N2O2/c25-18-7-3-1-6-15(18)22-24(16-10-9-13(26)11-20(16)28-23(24)31)17(12-21(30)29-22)14-5-2-4-8-19(14)27/h1-11,17,22H,12H2,(H,28,31)(H,29,30)/t17-,22+,24+/m1/s1. The van der Waals surface area contributed by atoms with E-state index in [4.69, 9.17) is 23.2 Å². The Balaban J connectivity index is 1.84. The van der Waals surface area contributed by atoms with Crippen LogP contribution in [0.1, 0.15) is 35.1 Å². The van der Waals surface area contributed by atoms with E-state index >= 15 is 0 Å². The highest BCUT2D eigenvalue weighted by Gasteiger charge is 2.61. The van der Waals surface area contributed by atoms with E-state index in [1.54, 1.807) is 18.2 Å². The average Bonchev–Trinajstić information content (AvgIpc) is 3.02. The molecule has 31 heavy (non-hydrogen) atoms. The molecule has 2 N–H and O–H groups in total. The van der Waals surface area contributed by atoms with Crippen LogP contribution in [0.4, 0.5) is 5.69 Å². The van der Waals surface area contributed by atoms with Crippen LogP contribution in [0.2, 0.25) is 10.0 Å². The van der Waals surface area contributed by atoms with E-state index in [2.05, 4.69) is 26.6 Å². The molecule has 2 aliphatic heterocycles. The Morgan fingerprint density at radius 3 is 2.39 bits per heavy atom. The third-order valence-corrected chi connectivity index (χ3v) is 7.55. The molecule has 3 aromatic carbocycles. The summed E-state index contributed by atoms with van der Waals surface area (Å²) < 4.78 is 0.815. The van der Waals surface area contributed by atoms with Crippen LogP contribution < -0.4 is 10.6 Å². The Bertz CT molecular complexity index is 1170. The molecule has 2 aliphatic rings. The first kappa shape index (κ1) is 20.6. The van der Waals surface area contributed by atoms with Gasteiger partial charge in [0.1, 0.15) is 5.41 Å². The van der Waals surface area contributed by atoms with Gasteiger partial charge in [-0.3, -0.25) is 9.59 Å². The van der Waals surface area contributed by atoms with Crippen molar-refractivity contribution in [2.75, 3.05) is 5.32 Å². The van der Waals surface area contributed by atoms with E-state index in [9.17, 15) is 9.59 Å². The van der Waals surface area contributed by atoms with E-state index in [-0.39, 0.29) is 18.2 Å². The fraction of sp³-hybridized carbons (Fsp3) is 0.167. The van der Waals surface area contributed by atoms with Crippen LogP contribution in [0.3, 0.4) is 0 Å². The van der Waals surface area contributed by atoms with Crippen LogP contribution in [0.15, 0.2) is 71.2 Å². The number of benzene rings is 3. The van der Waals surface area contributed by atoms with Gasteiger partial charge in [0, 0.05) is 32.5 Å². The highest BCUT2D eigenvalue weighted by molar-refractivity contribution is 9.10. The number of amides is 2. The minimum absolute atomic E-state index is 0.133. The van der Waals surface area contributed by atoms with Crippen molar-refractivity contribution in [1.29, 1.82) is 0 Å². The molecule has 156 valence electrons. The quantitative estimate of drug-likeness (QED) is 0.440. The van der Waals surface area contributed by atoms with Crippen LogP contribution in [-0.4, -0.2) is 11.8 Å². The van der Waals surface area contributed by atoms with Crippen molar-refractivity contribution < 1.29 is 9.59 Å². The Labute approximate surface area is 198 Å². The fourth-order valence-electron chi connectivity index (χ4n) is 4.99. The lowest BCUT2D eigenvalue weighted by molar-refractivity contribution is -0.131. The van der Waals surface area contributed by atoms with Gasteiger partial charge in [0.15, 0.2) is 0 Å². The smallest absolute Gasteiger partial charge is 0.238 e. The third kappa shape index (κ3) is 3.10. The molecule has 0 saturated carbocycles. The van der Waals surface area contributed by atoms with E-state index < -0.39 is 17.4 Å². The molecule has 1 saturated heterocycles. The molecule has 4 nitrogen and oxygen atoms in total. The summed E-state index contributed by atoms with van der Waals surface area (Å²) in [7, 11) is 0. The van der Waals surface area contributed by atoms with Crippen molar-refractivity contribution in [3.8, 4) is 0 Å². The number of piperidine rings is 1. The minimum atomic E-state index is -1.09. The van der Waals surface area contributed by atoms with Crippen molar-refractivity contribution >= 4 is 56.6 Å². The number of carbonyl (C=O) groups excluding carboxylic acids is 2. The van der Waals surface area contributed by atoms with E-state index in [0.29, 0.717) is 15.7 Å². The average molecular weight is 516 g/mol. The maximum atomic E-state index is 13.9. The van der Waals surface area contributed by atoms with E-state index in [1.807, 2.05) is 48.5 Å². The lowest BCUT2D eigenvalue weighted by Gasteiger charge is -2.46. The van der Waals surface area contributed by atoms with E-state index in [0.717, 1.165) is 21.2 Å². The van der Waals surface area contributed by atoms with E-state index in [1.165, 1.54) is 0 Å². The molecule has 0 aliphatic carbocycles. The first-order valence-corrected chi connectivity index (χ1v) is 11.4. The number of rotatable bonds is 2. The van der Waals surface area contributed by atoms with Gasteiger partial charge in [-0.2, -0.15) is 0 Å². The lowest BCUT2D eigenvalue weighted by atomic mass is 9.59. The molecule has 5 rings (SSSR count). The van der Waals surface area contributed by atoms with Gasteiger partial charge in [0.05, 0.1) is 6.04 Å². The number of hydrogen-bond donors (Lipinski definition) is 2. The zero-order chi connectivity index (χ0) is 21.8. The summed E-state index contributed by atoms with van der Waals surface area (Å²) in [6.45, 7) is 0. The van der Waals surface area contributed by atoms with Crippen molar-refractivity contribution in [2.24, 2.45) is 0 Å². The summed E-state index contributed by atoms with van der Waals surface area (Å²) in [5, 5.41) is 7.18. The van der Waals surface area contributed by atoms with Crippen molar-refractivity contribution in [2.45, 2.75) is 23.8 Å². The topological polar surface area (TPSA) is 58.2 Å². The number of halogens is 3. The van der Waals surface area contributed by atoms with Gasteiger partial charge in [-0.05, 0) is 41.0 Å². The van der Waals surface area contributed by atoms with Crippen LogP contribution >= 0.6 is 39.1 Å². The number of hydrogen-bond acceptors (Lipinski definition) is 2. The Morgan fingerprint density at radius 2 is 1.65 bits per heavy atom. The summed E-state index contributed by atoms with van der Waals surface area (Å²) in [4.78, 5) is 26.8. The summed E-state index contributed by atoms with van der Waals surface area (Å²) in [6, 6.07) is 19.8. The van der Waals surface area contributed by atoms with Gasteiger partial charge >= 0.3 is 0 Å². The highest BCUT2D eigenvalue weighted by atomic mass is 79.9. The summed E-state index contributed by atoms with van der Waals surface area (Å²) in [5.74, 6) is -0.781. The Hall–Kier alpha value is -2.34. The maximum absolute atomic E-state index is 13.9. The van der Waals surface area contributed by atoms with Gasteiger partial charge in [0.2, 0.25) is 11.8 Å². The van der Waals surface area contributed by atoms with Gasteiger partial charge in [-0.15, -0.1) is 0 Å². The molecule has 1 fully saturated rings. The zero-order valence-electron chi connectivity index (χ0n) is 16.2. The van der Waals surface area contributed by atoms with Gasteiger partial charge in [-0.1, -0.05) is 81.6 Å². The first-order chi connectivity index (χ1) is 14.9. The van der Waals surface area contributed by atoms with Gasteiger partial charge in [0.25, 0.3) is 0 Å². The number of anilines is 1. The van der Waals surface area contributed by atoms with Crippen molar-refractivity contribution in [1.82, 2.24) is 5.32 Å². The monoisotopic (exact) mass is 514 g/mol. The largest absolute Gasteiger partial charge is 0.348 e. The molecule has 3 aromatic rings. The molecule has 7 heteroatoms. The SMILES string of the molecule is O=C1C[C@H](c2ccccc2Cl)[C@]2(C(=O)Nc3cc(Cl)ccc32)[C@H](c2ccccc2Br)N1. The third-order valence-electron chi connectivity index (χ3n) is 6.25. The fourth-order valence-corrected chi connectivity index (χ4v) is 5.94. The van der Waals surface area contributed by atoms with Gasteiger partial charge in [-0.25, -0.2) is 0 Å². The molecule has 0 bridgehead atoms. The molecule has 2 amide bonds. The molecule has 2 heterocycles. The first-order valence-electron chi connectivity index (χ1n) is 9.82. The van der Waals surface area contributed by atoms with Crippen molar-refractivity contribution in [3.63, 3.8) is 0 Å². The maximum Gasteiger partial charge on any atom is 0.238 e. The second-order valence-corrected chi connectivity index (χ2v) is 9.51. The van der Waals surface area contributed by atoms with Crippen LogP contribution in [-0.2, 0) is 15.0 Å². The second kappa shape index (κ2) is 7.66. The summed E-state index contributed by atoms with van der Waals surface area (Å²) >= 11 is 16.4. The number of carbonyl (C=O) groups is 2. The second-order valence-electron chi connectivity index (χ2n) is 7.81. The predicted molar refractivity (Wildman–Crippen MR) is 126 cm³/mol. The van der Waals surface area contributed by atoms with Gasteiger partial charge < -0.3 is 10.6 Å². The highest BCUT2D eigenvalue weighted by Crippen LogP contribution is 2.58. The predicted octanol–water partition coefficient (Wildman–Crippen LogP) is 5.99. The minimum Gasteiger partial charge on any atom is -0.348 e. The zero-order valence-corrected chi connectivity index (χ0v) is 19.3. The molecule has 3 atom stereocenters. The van der Waals surface area contributed by atoms with Crippen LogP contribution in [0, 0.1) is 0 Å². The molecule has 0 radical (unpaired) electrons. The Kier molecular flexibility index (Phi) is 5.08. The summed E-state index contributed by atoms with van der Waals surface area (Å²) in [5.41, 5.74) is 1.96. The molecular formula is C24H17BrCl2N2O2. The molecule has 1 spiro atoms. The van der Waals surface area contributed by atoms with Crippen LogP contribution in [0.25, 0.3) is 0 Å². The number of nitrogens with one attached hydrogen (secondary N) is 2. The van der Waals surface area contributed by atoms with Crippen LogP contribution in [0.5, 0.6) is 0 Å². The lowest BCUT2D eigenvalue weighted by Crippen LogP contribution is -2.57. The molecule has 0 aromatic heterocycles.